The molecule has 0 aliphatic carbocycles. The van der Waals surface area contributed by atoms with Crippen molar-refractivity contribution in [3.63, 3.8) is 0 Å². The largest absolute Gasteiger partial charge is 0.495 e. The number of ether oxygens (including phenoxy) is 2. The molecule has 0 spiro atoms. The number of amides is 1. The number of benzene rings is 2. The first-order valence-corrected chi connectivity index (χ1v) is 10.5. The van der Waals surface area contributed by atoms with Crippen LogP contribution in [-0.4, -0.2) is 42.0 Å². The Balaban J connectivity index is 1.86. The molecule has 8 heteroatoms. The fraction of sp³-hybridized carbons (Fsp3) is 0.318. The molecule has 158 valence electrons. The van der Waals surface area contributed by atoms with Crippen LogP contribution in [0.3, 0.4) is 0 Å². The third-order valence-electron chi connectivity index (χ3n) is 4.59. The van der Waals surface area contributed by atoms with Gasteiger partial charge in [0.2, 0.25) is 5.91 Å². The zero-order valence-corrected chi connectivity index (χ0v) is 18.3. The van der Waals surface area contributed by atoms with Crippen molar-refractivity contribution < 1.29 is 14.3 Å². The highest BCUT2D eigenvalue weighted by molar-refractivity contribution is 7.99. The Kier molecular flexibility index (Phi) is 7.12. The molecule has 1 atom stereocenters. The zero-order valence-electron chi connectivity index (χ0n) is 17.5. The summed E-state index contributed by atoms with van der Waals surface area (Å²) in [5.74, 6) is 0.479. The number of carbonyl (C=O) groups excluding carboxylic acids is 1. The summed E-state index contributed by atoms with van der Waals surface area (Å²) in [5, 5.41) is 3.90. The minimum Gasteiger partial charge on any atom is -0.495 e. The van der Waals surface area contributed by atoms with Gasteiger partial charge in [-0.2, -0.15) is 0 Å². The monoisotopic (exact) mass is 427 g/mol. The topological polar surface area (TPSA) is 82.4 Å². The maximum Gasteiger partial charge on any atom is 0.262 e. The fourth-order valence-electron chi connectivity index (χ4n) is 3.17. The number of hydrogen-bond acceptors (Lipinski definition) is 6. The summed E-state index contributed by atoms with van der Waals surface area (Å²) in [6.45, 7) is 4.20. The number of carbonyl (C=O) groups is 1. The standard InChI is InChI=1S/C22H25N3O4S/c1-14-9-10-19(29-4)18(11-14)23-20(26)13-30-22-24-17-8-6-5-7-16(17)21(27)25(22)15(2)12-28-3/h5-11,15H,12-13H2,1-4H3,(H,23,26). The van der Waals surface area contributed by atoms with Gasteiger partial charge in [0.1, 0.15) is 5.75 Å². The molecule has 7 nitrogen and oxygen atoms in total. The van der Waals surface area contributed by atoms with Crippen molar-refractivity contribution in [2.45, 2.75) is 25.0 Å². The number of hydrogen-bond donors (Lipinski definition) is 1. The van der Waals surface area contributed by atoms with Gasteiger partial charge in [-0.15, -0.1) is 0 Å². The molecular weight excluding hydrogens is 402 g/mol. The van der Waals surface area contributed by atoms with E-state index in [2.05, 4.69) is 10.3 Å². The van der Waals surface area contributed by atoms with Gasteiger partial charge in [-0.1, -0.05) is 30.0 Å². The van der Waals surface area contributed by atoms with Crippen LogP contribution in [0.4, 0.5) is 5.69 Å². The molecule has 3 rings (SSSR count). The number of methoxy groups -OCH3 is 2. The summed E-state index contributed by atoms with van der Waals surface area (Å²) in [7, 11) is 3.15. The number of fused-ring (bicyclic) bond motifs is 1. The third-order valence-corrected chi connectivity index (χ3v) is 5.54. The highest BCUT2D eigenvalue weighted by Crippen LogP contribution is 2.26. The highest BCUT2D eigenvalue weighted by atomic mass is 32.2. The first-order valence-electron chi connectivity index (χ1n) is 9.52. The molecule has 2 aromatic carbocycles. The van der Waals surface area contributed by atoms with Gasteiger partial charge < -0.3 is 14.8 Å². The molecule has 1 unspecified atom stereocenters. The summed E-state index contributed by atoms with van der Waals surface area (Å²) >= 11 is 1.22. The summed E-state index contributed by atoms with van der Waals surface area (Å²) in [6.07, 6.45) is 0. The number of aryl methyl sites for hydroxylation is 1. The smallest absolute Gasteiger partial charge is 0.262 e. The number of thioether (sulfide) groups is 1. The van der Waals surface area contributed by atoms with Crippen LogP contribution in [0.25, 0.3) is 10.9 Å². The molecule has 1 N–H and O–H groups in total. The van der Waals surface area contributed by atoms with E-state index < -0.39 is 0 Å². The molecule has 0 saturated carbocycles. The van der Waals surface area contributed by atoms with E-state index in [9.17, 15) is 9.59 Å². The van der Waals surface area contributed by atoms with Crippen molar-refractivity contribution in [1.82, 2.24) is 9.55 Å². The summed E-state index contributed by atoms with van der Waals surface area (Å²) in [5.41, 5.74) is 2.08. The fourth-order valence-corrected chi connectivity index (χ4v) is 4.06. The van der Waals surface area contributed by atoms with E-state index in [0.29, 0.717) is 34.1 Å². The summed E-state index contributed by atoms with van der Waals surface area (Å²) in [6, 6.07) is 12.6. The van der Waals surface area contributed by atoms with E-state index in [4.69, 9.17) is 9.47 Å². The lowest BCUT2D eigenvalue weighted by Crippen LogP contribution is -2.29. The molecule has 3 aromatic rings. The molecule has 1 heterocycles. The van der Waals surface area contributed by atoms with E-state index >= 15 is 0 Å². The Morgan fingerprint density at radius 1 is 1.23 bits per heavy atom. The van der Waals surface area contributed by atoms with Gasteiger partial charge in [-0.25, -0.2) is 4.98 Å². The number of nitrogens with zero attached hydrogens (tertiary/aromatic N) is 2. The average Bonchev–Trinajstić information content (AvgIpc) is 2.72. The third kappa shape index (κ3) is 4.83. The molecular formula is C22H25N3O4S. The van der Waals surface area contributed by atoms with Crippen molar-refractivity contribution in [2.24, 2.45) is 0 Å². The van der Waals surface area contributed by atoms with Crippen molar-refractivity contribution in [1.29, 1.82) is 0 Å². The molecule has 1 aromatic heterocycles. The average molecular weight is 428 g/mol. The summed E-state index contributed by atoms with van der Waals surface area (Å²) < 4.78 is 12.1. The van der Waals surface area contributed by atoms with Crippen molar-refractivity contribution in [3.05, 3.63) is 58.4 Å². The number of aromatic nitrogens is 2. The van der Waals surface area contributed by atoms with E-state index in [0.717, 1.165) is 5.56 Å². The van der Waals surface area contributed by atoms with Gasteiger partial charge in [-0.3, -0.25) is 14.2 Å². The van der Waals surface area contributed by atoms with E-state index in [-0.39, 0.29) is 23.3 Å². The normalized spacial score (nSPS) is 12.0. The van der Waals surface area contributed by atoms with E-state index in [1.165, 1.54) is 11.8 Å². The zero-order chi connectivity index (χ0) is 21.7. The molecule has 0 aliphatic heterocycles. The molecule has 0 aliphatic rings. The first kappa shape index (κ1) is 21.9. The van der Waals surface area contributed by atoms with Gasteiger partial charge in [0.25, 0.3) is 5.56 Å². The van der Waals surface area contributed by atoms with Crippen molar-refractivity contribution >= 4 is 34.3 Å². The van der Waals surface area contributed by atoms with E-state index in [1.807, 2.05) is 44.2 Å². The van der Waals surface area contributed by atoms with E-state index in [1.54, 1.807) is 30.9 Å². The first-order chi connectivity index (χ1) is 14.4. The van der Waals surface area contributed by atoms with Crippen LogP contribution < -0.4 is 15.6 Å². The van der Waals surface area contributed by atoms with Crippen molar-refractivity contribution in [3.8, 4) is 5.75 Å². The molecule has 0 bridgehead atoms. The number of rotatable bonds is 8. The molecule has 30 heavy (non-hydrogen) atoms. The minimum absolute atomic E-state index is 0.0988. The number of nitrogens with one attached hydrogen (secondary N) is 1. The lowest BCUT2D eigenvalue weighted by molar-refractivity contribution is -0.113. The van der Waals surface area contributed by atoms with Gasteiger partial charge in [-0.05, 0) is 43.7 Å². The maximum atomic E-state index is 13.1. The van der Waals surface area contributed by atoms with Gasteiger partial charge in [0, 0.05) is 7.11 Å². The van der Waals surface area contributed by atoms with Crippen LogP contribution in [0, 0.1) is 6.92 Å². The van der Waals surface area contributed by atoms with Crippen LogP contribution >= 0.6 is 11.8 Å². The quantitative estimate of drug-likeness (QED) is 0.436. The SMILES string of the molecule is COCC(C)n1c(SCC(=O)Nc2cc(C)ccc2OC)nc2ccccc2c1=O. The second-order valence-electron chi connectivity index (χ2n) is 6.93. The maximum absolute atomic E-state index is 13.1. The Bertz CT molecular complexity index is 1110. The minimum atomic E-state index is -0.220. The Labute approximate surface area is 179 Å². The predicted molar refractivity (Wildman–Crippen MR) is 120 cm³/mol. The predicted octanol–water partition coefficient (Wildman–Crippen LogP) is 3.65. The van der Waals surface area contributed by atoms with Gasteiger partial charge in [0.05, 0.1) is 42.1 Å². The second kappa shape index (κ2) is 9.77. The van der Waals surface area contributed by atoms with Crippen LogP contribution in [0.5, 0.6) is 5.75 Å². The Morgan fingerprint density at radius 2 is 2.00 bits per heavy atom. The lowest BCUT2D eigenvalue weighted by atomic mass is 10.2. The molecule has 0 fully saturated rings. The van der Waals surface area contributed by atoms with Crippen LogP contribution in [-0.2, 0) is 9.53 Å². The number of anilines is 1. The van der Waals surface area contributed by atoms with Crippen LogP contribution in [0.2, 0.25) is 0 Å². The van der Waals surface area contributed by atoms with Crippen molar-refractivity contribution in [2.75, 3.05) is 31.9 Å². The molecule has 0 saturated heterocycles. The lowest BCUT2D eigenvalue weighted by Gasteiger charge is -2.19. The van der Waals surface area contributed by atoms with Crippen LogP contribution in [0.15, 0.2) is 52.4 Å². The Hall–Kier alpha value is -2.84. The highest BCUT2D eigenvalue weighted by Gasteiger charge is 2.18. The van der Waals surface area contributed by atoms with Gasteiger partial charge >= 0.3 is 0 Å². The number of para-hydroxylation sites is 1. The molecule has 1 amide bonds. The summed E-state index contributed by atoms with van der Waals surface area (Å²) in [4.78, 5) is 30.3. The molecule has 0 radical (unpaired) electrons. The Morgan fingerprint density at radius 3 is 2.73 bits per heavy atom. The van der Waals surface area contributed by atoms with Gasteiger partial charge in [0.15, 0.2) is 5.16 Å². The second-order valence-corrected chi connectivity index (χ2v) is 7.87. The van der Waals surface area contributed by atoms with Crippen LogP contribution in [0.1, 0.15) is 18.5 Å².